The van der Waals surface area contributed by atoms with E-state index in [1.165, 1.54) is 0 Å². The predicted molar refractivity (Wildman–Crippen MR) is 74.0 cm³/mol. The molecule has 2 atom stereocenters. The summed E-state index contributed by atoms with van der Waals surface area (Å²) >= 11 is 0. The molecule has 0 aliphatic carbocycles. The third-order valence-corrected chi connectivity index (χ3v) is 6.15. The molecule has 2 saturated heterocycles. The molecule has 3 heterocycles. The Bertz CT molecular complexity index is 569. The topological polar surface area (TPSA) is 76.3 Å². The van der Waals surface area contributed by atoms with Crippen LogP contribution < -0.4 is 0 Å². The number of rotatable bonds is 3. The summed E-state index contributed by atoms with van der Waals surface area (Å²) in [5, 5.41) is 4.02. The Kier molecular flexibility index (Phi) is 3.81. The van der Waals surface area contributed by atoms with Gasteiger partial charge in [-0.15, -0.1) is 0 Å². The SMILES string of the molecule is Cc1nc(C2CCCN2CC2CCCS(=O)(=O)C2)no1. The van der Waals surface area contributed by atoms with Crippen molar-refractivity contribution in [3.05, 3.63) is 11.7 Å². The fraction of sp³-hybridized carbons (Fsp3) is 0.846. The zero-order chi connectivity index (χ0) is 14.2. The van der Waals surface area contributed by atoms with Crippen LogP contribution in [0.1, 0.15) is 43.4 Å². The van der Waals surface area contributed by atoms with E-state index < -0.39 is 9.84 Å². The Morgan fingerprint density at radius 2 is 2.20 bits per heavy atom. The summed E-state index contributed by atoms with van der Waals surface area (Å²) in [6.45, 7) is 3.62. The molecule has 2 aliphatic rings. The second-order valence-electron chi connectivity index (χ2n) is 5.95. The van der Waals surface area contributed by atoms with Gasteiger partial charge in [0, 0.05) is 13.5 Å². The summed E-state index contributed by atoms with van der Waals surface area (Å²) in [7, 11) is -2.83. The first-order valence-electron chi connectivity index (χ1n) is 7.28. The van der Waals surface area contributed by atoms with Crippen molar-refractivity contribution in [1.29, 1.82) is 0 Å². The van der Waals surface area contributed by atoms with Gasteiger partial charge in [-0.05, 0) is 38.1 Å². The Morgan fingerprint density at radius 1 is 1.35 bits per heavy atom. The number of aromatic nitrogens is 2. The van der Waals surface area contributed by atoms with E-state index in [0.717, 1.165) is 44.6 Å². The maximum absolute atomic E-state index is 11.7. The summed E-state index contributed by atoms with van der Waals surface area (Å²) in [5.41, 5.74) is 0. The maximum Gasteiger partial charge on any atom is 0.223 e. The molecule has 20 heavy (non-hydrogen) atoms. The molecule has 3 rings (SSSR count). The average Bonchev–Trinajstić information content (AvgIpc) is 2.96. The van der Waals surface area contributed by atoms with E-state index in [1.807, 2.05) is 0 Å². The van der Waals surface area contributed by atoms with Crippen LogP contribution in [0.15, 0.2) is 4.52 Å². The molecule has 2 aliphatic heterocycles. The van der Waals surface area contributed by atoms with Crippen LogP contribution in [0.4, 0.5) is 0 Å². The highest BCUT2D eigenvalue weighted by Crippen LogP contribution is 2.32. The Hall–Kier alpha value is -0.950. The van der Waals surface area contributed by atoms with Crippen LogP contribution in [-0.2, 0) is 9.84 Å². The summed E-state index contributed by atoms with van der Waals surface area (Å²) in [6.07, 6.45) is 3.94. The zero-order valence-corrected chi connectivity index (χ0v) is 12.6. The molecule has 1 aromatic rings. The van der Waals surface area contributed by atoms with E-state index in [1.54, 1.807) is 6.92 Å². The van der Waals surface area contributed by atoms with Gasteiger partial charge < -0.3 is 4.52 Å². The normalized spacial score (nSPS) is 30.6. The molecule has 112 valence electrons. The van der Waals surface area contributed by atoms with E-state index in [0.29, 0.717) is 17.4 Å². The van der Waals surface area contributed by atoms with Crippen LogP contribution >= 0.6 is 0 Å². The van der Waals surface area contributed by atoms with Crippen LogP contribution in [0.5, 0.6) is 0 Å². The molecule has 0 aromatic carbocycles. The second kappa shape index (κ2) is 5.44. The van der Waals surface area contributed by atoms with Crippen LogP contribution in [-0.4, -0.2) is 48.1 Å². The van der Waals surface area contributed by atoms with Gasteiger partial charge in [0.05, 0.1) is 17.5 Å². The van der Waals surface area contributed by atoms with Gasteiger partial charge in [0.2, 0.25) is 5.89 Å². The minimum atomic E-state index is -2.83. The molecule has 0 spiro atoms. The smallest absolute Gasteiger partial charge is 0.223 e. The Labute approximate surface area is 119 Å². The molecule has 0 amide bonds. The van der Waals surface area contributed by atoms with E-state index in [9.17, 15) is 8.42 Å². The van der Waals surface area contributed by atoms with Gasteiger partial charge in [-0.2, -0.15) is 4.98 Å². The highest BCUT2D eigenvalue weighted by Gasteiger charge is 2.33. The van der Waals surface area contributed by atoms with E-state index in [-0.39, 0.29) is 12.0 Å². The first-order valence-corrected chi connectivity index (χ1v) is 9.10. The van der Waals surface area contributed by atoms with Crippen LogP contribution in [0.2, 0.25) is 0 Å². The van der Waals surface area contributed by atoms with E-state index >= 15 is 0 Å². The number of sulfone groups is 1. The van der Waals surface area contributed by atoms with Gasteiger partial charge in [0.25, 0.3) is 0 Å². The quantitative estimate of drug-likeness (QED) is 0.838. The first kappa shape index (κ1) is 14.0. The Morgan fingerprint density at radius 3 is 2.90 bits per heavy atom. The highest BCUT2D eigenvalue weighted by molar-refractivity contribution is 7.91. The van der Waals surface area contributed by atoms with Crippen molar-refractivity contribution in [3.8, 4) is 0 Å². The molecule has 6 nitrogen and oxygen atoms in total. The summed E-state index contributed by atoms with van der Waals surface area (Å²) in [6, 6.07) is 0.192. The number of nitrogens with zero attached hydrogens (tertiary/aromatic N) is 3. The lowest BCUT2D eigenvalue weighted by Gasteiger charge is -2.29. The second-order valence-corrected chi connectivity index (χ2v) is 8.18. The minimum absolute atomic E-state index is 0.192. The van der Waals surface area contributed by atoms with Gasteiger partial charge in [0.15, 0.2) is 15.7 Å². The highest BCUT2D eigenvalue weighted by atomic mass is 32.2. The molecule has 1 aromatic heterocycles. The van der Waals surface area contributed by atoms with Crippen molar-refractivity contribution in [2.75, 3.05) is 24.6 Å². The third-order valence-electron chi connectivity index (χ3n) is 4.26. The van der Waals surface area contributed by atoms with Crippen LogP contribution in [0.25, 0.3) is 0 Å². The fourth-order valence-electron chi connectivity index (χ4n) is 3.38. The van der Waals surface area contributed by atoms with Gasteiger partial charge >= 0.3 is 0 Å². The molecular weight excluding hydrogens is 278 g/mol. The maximum atomic E-state index is 11.7. The zero-order valence-electron chi connectivity index (χ0n) is 11.8. The predicted octanol–water partition coefficient (Wildman–Crippen LogP) is 1.34. The van der Waals surface area contributed by atoms with Crippen LogP contribution in [0.3, 0.4) is 0 Å². The standard InChI is InChI=1S/C13H21N3O3S/c1-10-14-13(15-19-10)12-5-2-6-16(12)8-11-4-3-7-20(17,18)9-11/h11-12H,2-9H2,1H3. The summed E-state index contributed by atoms with van der Waals surface area (Å²) < 4.78 is 28.5. The summed E-state index contributed by atoms with van der Waals surface area (Å²) in [5.74, 6) is 2.28. The van der Waals surface area contributed by atoms with E-state index in [4.69, 9.17) is 4.52 Å². The lowest BCUT2D eigenvalue weighted by Crippen LogP contribution is -2.36. The van der Waals surface area contributed by atoms with Gasteiger partial charge in [0.1, 0.15) is 0 Å². The number of hydrogen-bond acceptors (Lipinski definition) is 6. The first-order chi connectivity index (χ1) is 9.53. The van der Waals surface area contributed by atoms with Gasteiger partial charge in [-0.25, -0.2) is 8.42 Å². The third kappa shape index (κ3) is 3.03. The van der Waals surface area contributed by atoms with Gasteiger partial charge in [-0.3, -0.25) is 4.90 Å². The van der Waals surface area contributed by atoms with Crippen LogP contribution in [0, 0.1) is 12.8 Å². The molecule has 0 bridgehead atoms. The lowest BCUT2D eigenvalue weighted by molar-refractivity contribution is 0.205. The molecule has 2 unspecified atom stereocenters. The van der Waals surface area contributed by atoms with Crippen molar-refractivity contribution in [1.82, 2.24) is 15.0 Å². The average molecular weight is 299 g/mol. The largest absolute Gasteiger partial charge is 0.340 e. The van der Waals surface area contributed by atoms with E-state index in [2.05, 4.69) is 15.0 Å². The lowest BCUT2D eigenvalue weighted by atomic mass is 10.0. The van der Waals surface area contributed by atoms with Crippen molar-refractivity contribution in [2.45, 2.75) is 38.6 Å². The fourth-order valence-corrected chi connectivity index (χ4v) is 5.14. The molecule has 7 heteroatoms. The van der Waals surface area contributed by atoms with Crippen molar-refractivity contribution < 1.29 is 12.9 Å². The number of likely N-dealkylation sites (tertiary alicyclic amines) is 1. The summed E-state index contributed by atoms with van der Waals surface area (Å²) in [4.78, 5) is 6.66. The molecule has 0 radical (unpaired) electrons. The van der Waals surface area contributed by atoms with Gasteiger partial charge in [-0.1, -0.05) is 5.16 Å². The minimum Gasteiger partial charge on any atom is -0.340 e. The Balaban J connectivity index is 1.67. The molecule has 2 fully saturated rings. The van der Waals surface area contributed by atoms with Crippen molar-refractivity contribution in [3.63, 3.8) is 0 Å². The molecular formula is C13H21N3O3S. The number of aryl methyl sites for hydroxylation is 1. The van der Waals surface area contributed by atoms with Crippen molar-refractivity contribution >= 4 is 9.84 Å². The van der Waals surface area contributed by atoms with Crippen molar-refractivity contribution in [2.24, 2.45) is 5.92 Å². The monoisotopic (exact) mass is 299 g/mol. The molecule has 0 N–H and O–H groups in total. The molecule has 0 saturated carbocycles. The number of hydrogen-bond donors (Lipinski definition) is 0.